The number of carbonyl (C=O) groups is 1. The van der Waals surface area contributed by atoms with Gasteiger partial charge in [0.15, 0.2) is 0 Å². The van der Waals surface area contributed by atoms with Gasteiger partial charge >= 0.3 is 5.97 Å². The number of fused-ring (bicyclic) bond motifs is 1. The third-order valence-electron chi connectivity index (χ3n) is 3.08. The first-order chi connectivity index (χ1) is 10.0. The van der Waals surface area contributed by atoms with Crippen LogP contribution in [0.3, 0.4) is 0 Å². The van der Waals surface area contributed by atoms with Crippen LogP contribution in [0.2, 0.25) is 0 Å². The molecule has 0 saturated heterocycles. The van der Waals surface area contributed by atoms with E-state index < -0.39 is 5.97 Å². The molecule has 3 rings (SSSR count). The van der Waals surface area contributed by atoms with Crippen molar-refractivity contribution in [3.05, 3.63) is 47.8 Å². The molecule has 0 radical (unpaired) electrons. The number of aryl methyl sites for hydroxylation is 2. The second-order valence-corrected chi connectivity index (χ2v) is 5.70. The molecule has 6 heteroatoms. The summed E-state index contributed by atoms with van der Waals surface area (Å²) in [6.07, 6.45) is 0. The third kappa shape index (κ3) is 2.62. The second-order valence-electron chi connectivity index (χ2n) is 4.69. The average Bonchev–Trinajstić information content (AvgIpc) is 2.76. The van der Waals surface area contributed by atoms with Gasteiger partial charge in [0.25, 0.3) is 0 Å². The van der Waals surface area contributed by atoms with Gasteiger partial charge in [-0.1, -0.05) is 24.3 Å². The average molecular weight is 299 g/mol. The number of hydrogen-bond acceptors (Lipinski definition) is 4. The molecule has 0 aliphatic heterocycles. The lowest BCUT2D eigenvalue weighted by Gasteiger charge is -2.07. The number of aromatic carboxylic acids is 1. The minimum atomic E-state index is -1.02. The Labute approximate surface area is 125 Å². The van der Waals surface area contributed by atoms with E-state index in [-0.39, 0.29) is 5.69 Å². The maximum atomic E-state index is 11.2. The van der Waals surface area contributed by atoms with Crippen molar-refractivity contribution in [2.45, 2.75) is 17.0 Å². The van der Waals surface area contributed by atoms with E-state index in [0.717, 1.165) is 21.5 Å². The Hall–Kier alpha value is -2.34. The van der Waals surface area contributed by atoms with Gasteiger partial charge in [-0.15, -0.1) is 0 Å². The molecule has 0 aliphatic rings. The SMILES string of the molecule is Cc1cc(Sc2nc(C(=O)O)cc3ccccc23)n(C)n1. The molecule has 0 unspecified atom stereocenters. The predicted molar refractivity (Wildman–Crippen MR) is 80.8 cm³/mol. The Balaban J connectivity index is 2.16. The van der Waals surface area contributed by atoms with Gasteiger partial charge in [-0.25, -0.2) is 9.78 Å². The minimum absolute atomic E-state index is 0.0510. The number of carboxylic acids is 1. The highest BCUT2D eigenvalue weighted by molar-refractivity contribution is 7.99. The second kappa shape index (κ2) is 5.21. The topological polar surface area (TPSA) is 68.0 Å². The highest BCUT2D eigenvalue weighted by atomic mass is 32.2. The van der Waals surface area contributed by atoms with Gasteiger partial charge in [-0.2, -0.15) is 5.10 Å². The van der Waals surface area contributed by atoms with Crippen LogP contribution in [0.25, 0.3) is 10.8 Å². The summed E-state index contributed by atoms with van der Waals surface area (Å²) < 4.78 is 1.77. The van der Waals surface area contributed by atoms with E-state index in [1.165, 1.54) is 11.8 Å². The number of nitrogens with zero attached hydrogens (tertiary/aromatic N) is 3. The van der Waals surface area contributed by atoms with Crippen LogP contribution in [-0.4, -0.2) is 25.8 Å². The quantitative estimate of drug-likeness (QED) is 0.804. The zero-order valence-electron chi connectivity index (χ0n) is 11.6. The zero-order chi connectivity index (χ0) is 15.0. The first-order valence-corrected chi connectivity index (χ1v) is 7.18. The van der Waals surface area contributed by atoms with Crippen LogP contribution in [0, 0.1) is 6.92 Å². The van der Waals surface area contributed by atoms with E-state index in [0.29, 0.717) is 5.03 Å². The maximum Gasteiger partial charge on any atom is 0.354 e. The summed E-state index contributed by atoms with van der Waals surface area (Å²) in [6, 6.07) is 11.2. The van der Waals surface area contributed by atoms with Crippen molar-refractivity contribution in [2.75, 3.05) is 0 Å². The fraction of sp³-hybridized carbons (Fsp3) is 0.133. The van der Waals surface area contributed by atoms with Gasteiger partial charge in [0.05, 0.1) is 5.69 Å². The Morgan fingerprint density at radius 2 is 2.05 bits per heavy atom. The summed E-state index contributed by atoms with van der Waals surface area (Å²) in [4.78, 5) is 15.5. The molecule has 0 aliphatic carbocycles. The summed E-state index contributed by atoms with van der Waals surface area (Å²) >= 11 is 1.42. The molecule has 106 valence electrons. The molecule has 1 aromatic carbocycles. The number of carboxylic acid groups (broad SMARTS) is 1. The molecule has 0 spiro atoms. The number of rotatable bonds is 3. The van der Waals surface area contributed by atoms with Crippen molar-refractivity contribution >= 4 is 28.5 Å². The van der Waals surface area contributed by atoms with E-state index in [1.54, 1.807) is 10.7 Å². The molecule has 0 bridgehead atoms. The molecule has 0 fully saturated rings. The summed E-state index contributed by atoms with van der Waals surface area (Å²) in [7, 11) is 1.86. The van der Waals surface area contributed by atoms with Crippen molar-refractivity contribution < 1.29 is 9.90 Å². The largest absolute Gasteiger partial charge is 0.477 e. The first-order valence-electron chi connectivity index (χ1n) is 6.36. The van der Waals surface area contributed by atoms with E-state index in [2.05, 4.69) is 10.1 Å². The Morgan fingerprint density at radius 1 is 1.29 bits per heavy atom. The summed E-state index contributed by atoms with van der Waals surface area (Å²) in [6.45, 7) is 1.92. The summed E-state index contributed by atoms with van der Waals surface area (Å²) in [5, 5.41) is 16.9. The van der Waals surface area contributed by atoms with Crippen LogP contribution in [0.15, 0.2) is 46.5 Å². The molecule has 21 heavy (non-hydrogen) atoms. The van der Waals surface area contributed by atoms with Crippen LogP contribution in [0.5, 0.6) is 0 Å². The van der Waals surface area contributed by atoms with Crippen LogP contribution in [0.4, 0.5) is 0 Å². The fourth-order valence-electron chi connectivity index (χ4n) is 2.14. The van der Waals surface area contributed by atoms with E-state index in [9.17, 15) is 9.90 Å². The lowest BCUT2D eigenvalue weighted by molar-refractivity contribution is 0.0690. The molecule has 0 saturated carbocycles. The van der Waals surface area contributed by atoms with Gasteiger partial charge in [0.2, 0.25) is 0 Å². The van der Waals surface area contributed by atoms with Crippen molar-refractivity contribution in [1.82, 2.24) is 14.8 Å². The highest BCUT2D eigenvalue weighted by Crippen LogP contribution is 2.32. The van der Waals surface area contributed by atoms with Gasteiger partial charge < -0.3 is 5.11 Å². The molecule has 1 N–H and O–H groups in total. The molecular formula is C15H13N3O2S. The highest BCUT2D eigenvalue weighted by Gasteiger charge is 2.13. The number of hydrogen-bond donors (Lipinski definition) is 1. The smallest absolute Gasteiger partial charge is 0.354 e. The monoisotopic (exact) mass is 299 g/mol. The predicted octanol–water partition coefficient (Wildman–Crippen LogP) is 3.13. The van der Waals surface area contributed by atoms with Gasteiger partial charge in [-0.3, -0.25) is 4.68 Å². The lowest BCUT2D eigenvalue weighted by Crippen LogP contribution is -2.02. The van der Waals surface area contributed by atoms with Crippen LogP contribution < -0.4 is 0 Å². The molecular weight excluding hydrogens is 286 g/mol. The minimum Gasteiger partial charge on any atom is -0.477 e. The van der Waals surface area contributed by atoms with Crippen molar-refractivity contribution in [1.29, 1.82) is 0 Å². The number of benzene rings is 1. The maximum absolute atomic E-state index is 11.2. The standard InChI is InChI=1S/C15H13N3O2S/c1-9-7-13(18(2)17-9)21-14-11-6-4-3-5-10(11)8-12(16-14)15(19)20/h3-8H,1-2H3,(H,19,20). The fourth-order valence-corrected chi connectivity index (χ4v) is 3.18. The third-order valence-corrected chi connectivity index (χ3v) is 4.18. The molecule has 3 aromatic rings. The zero-order valence-corrected chi connectivity index (χ0v) is 12.4. The van der Waals surface area contributed by atoms with Gasteiger partial charge in [0, 0.05) is 12.4 Å². The van der Waals surface area contributed by atoms with Crippen molar-refractivity contribution in [2.24, 2.45) is 7.05 Å². The molecule has 0 atom stereocenters. The van der Waals surface area contributed by atoms with Crippen LogP contribution in [0.1, 0.15) is 16.2 Å². The van der Waals surface area contributed by atoms with Crippen LogP contribution in [-0.2, 0) is 7.05 Å². The van der Waals surface area contributed by atoms with Gasteiger partial charge in [-0.05, 0) is 36.2 Å². The van der Waals surface area contributed by atoms with Crippen LogP contribution >= 0.6 is 11.8 Å². The molecule has 2 aromatic heterocycles. The van der Waals surface area contributed by atoms with E-state index >= 15 is 0 Å². The molecule has 0 amide bonds. The Morgan fingerprint density at radius 3 is 2.71 bits per heavy atom. The number of pyridine rings is 1. The Bertz CT molecular complexity index is 842. The normalized spacial score (nSPS) is 11.0. The molecule has 5 nitrogen and oxygen atoms in total. The number of aromatic nitrogens is 3. The Kier molecular flexibility index (Phi) is 3.39. The van der Waals surface area contributed by atoms with Crippen molar-refractivity contribution in [3.8, 4) is 0 Å². The van der Waals surface area contributed by atoms with E-state index in [1.807, 2.05) is 44.3 Å². The van der Waals surface area contributed by atoms with E-state index in [4.69, 9.17) is 0 Å². The summed E-state index contributed by atoms with van der Waals surface area (Å²) in [5.74, 6) is -1.02. The lowest BCUT2D eigenvalue weighted by atomic mass is 10.1. The molecule has 2 heterocycles. The van der Waals surface area contributed by atoms with Gasteiger partial charge in [0.1, 0.15) is 15.7 Å². The first kappa shape index (κ1) is 13.6. The summed E-state index contributed by atoms with van der Waals surface area (Å²) in [5.41, 5.74) is 0.966. The van der Waals surface area contributed by atoms with Crippen molar-refractivity contribution in [3.63, 3.8) is 0 Å².